The Morgan fingerprint density at radius 3 is 2.38 bits per heavy atom. The second-order valence-corrected chi connectivity index (χ2v) is 8.66. The van der Waals surface area contributed by atoms with Gasteiger partial charge in [0.15, 0.2) is 0 Å². The molecule has 0 bridgehead atoms. The van der Waals surface area contributed by atoms with Gasteiger partial charge in [-0.2, -0.15) is 0 Å². The van der Waals surface area contributed by atoms with E-state index in [0.29, 0.717) is 25.3 Å². The minimum Gasteiger partial charge on any atom is -0.481 e. The third-order valence-corrected chi connectivity index (χ3v) is 5.65. The molecule has 24 heavy (non-hydrogen) atoms. The van der Waals surface area contributed by atoms with Crippen LogP contribution in [0.5, 0.6) is 0 Å². The van der Waals surface area contributed by atoms with Gasteiger partial charge in [0.2, 0.25) is 5.91 Å². The summed E-state index contributed by atoms with van der Waals surface area (Å²) >= 11 is 1.54. The van der Waals surface area contributed by atoms with Crippen molar-refractivity contribution in [2.24, 2.45) is 11.8 Å². The third-order valence-electron chi connectivity index (χ3n) is 4.66. The molecule has 1 amide bonds. The summed E-state index contributed by atoms with van der Waals surface area (Å²) in [7, 11) is 0. The Balaban J connectivity index is 1.86. The number of thioether (sulfide) groups is 1. The third kappa shape index (κ3) is 4.76. The molecule has 1 saturated heterocycles. The highest BCUT2D eigenvalue weighted by molar-refractivity contribution is 8.00. The Morgan fingerprint density at radius 1 is 1.25 bits per heavy atom. The summed E-state index contributed by atoms with van der Waals surface area (Å²) in [5, 5.41) is 9.16. The summed E-state index contributed by atoms with van der Waals surface area (Å²) in [6.45, 7) is 9.54. The van der Waals surface area contributed by atoms with Crippen LogP contribution in [-0.4, -0.2) is 40.7 Å². The molecule has 0 radical (unpaired) electrons. The molecular weight excluding hydrogens is 322 g/mol. The van der Waals surface area contributed by atoms with Gasteiger partial charge in [-0.3, -0.25) is 9.59 Å². The molecular formula is C19H27NO3S. The van der Waals surface area contributed by atoms with Crippen LogP contribution in [0.1, 0.15) is 39.7 Å². The molecule has 4 nitrogen and oxygen atoms in total. The SMILES string of the molecule is CC1CN(C(=O)CSc2ccc(C(C)(C)C)cc2)CCC1C(=O)O. The zero-order valence-corrected chi connectivity index (χ0v) is 15.7. The summed E-state index contributed by atoms with van der Waals surface area (Å²) in [4.78, 5) is 26.4. The summed E-state index contributed by atoms with van der Waals surface area (Å²) in [5.74, 6) is -0.569. The fraction of sp³-hybridized carbons (Fsp3) is 0.579. The van der Waals surface area contributed by atoms with Crippen LogP contribution in [0, 0.1) is 11.8 Å². The second-order valence-electron chi connectivity index (χ2n) is 7.61. The number of aliphatic carboxylic acids is 1. The summed E-state index contributed by atoms with van der Waals surface area (Å²) in [6.07, 6.45) is 0.549. The highest BCUT2D eigenvalue weighted by atomic mass is 32.2. The molecule has 1 aromatic carbocycles. The van der Waals surface area contributed by atoms with Crippen molar-refractivity contribution >= 4 is 23.6 Å². The molecule has 1 aliphatic heterocycles. The van der Waals surface area contributed by atoms with Gasteiger partial charge in [0.05, 0.1) is 11.7 Å². The number of carbonyl (C=O) groups is 2. The van der Waals surface area contributed by atoms with E-state index in [1.165, 1.54) is 5.56 Å². The zero-order valence-electron chi connectivity index (χ0n) is 14.9. The summed E-state index contributed by atoms with van der Waals surface area (Å²) < 4.78 is 0. The van der Waals surface area contributed by atoms with E-state index in [1.54, 1.807) is 16.7 Å². The topological polar surface area (TPSA) is 57.6 Å². The molecule has 0 saturated carbocycles. The van der Waals surface area contributed by atoms with Gasteiger partial charge < -0.3 is 10.0 Å². The van der Waals surface area contributed by atoms with Crippen molar-refractivity contribution in [2.45, 2.75) is 44.4 Å². The first-order valence-electron chi connectivity index (χ1n) is 8.42. The lowest BCUT2D eigenvalue weighted by Gasteiger charge is -2.34. The quantitative estimate of drug-likeness (QED) is 0.843. The normalized spacial score (nSPS) is 21.6. The van der Waals surface area contributed by atoms with E-state index in [9.17, 15) is 9.59 Å². The average molecular weight is 349 g/mol. The van der Waals surface area contributed by atoms with Crippen LogP contribution < -0.4 is 0 Å². The van der Waals surface area contributed by atoms with E-state index in [-0.39, 0.29) is 23.2 Å². The maximum Gasteiger partial charge on any atom is 0.306 e. The van der Waals surface area contributed by atoms with Crippen molar-refractivity contribution < 1.29 is 14.7 Å². The molecule has 2 atom stereocenters. The average Bonchev–Trinajstić information content (AvgIpc) is 2.51. The summed E-state index contributed by atoms with van der Waals surface area (Å²) in [6, 6.07) is 8.37. The van der Waals surface area contributed by atoms with E-state index < -0.39 is 5.97 Å². The van der Waals surface area contributed by atoms with Gasteiger partial charge in [-0.25, -0.2) is 0 Å². The van der Waals surface area contributed by atoms with Crippen LogP contribution in [0.25, 0.3) is 0 Å². The van der Waals surface area contributed by atoms with E-state index in [0.717, 1.165) is 4.90 Å². The number of piperidine rings is 1. The monoisotopic (exact) mass is 349 g/mol. The molecule has 132 valence electrons. The number of hydrogen-bond acceptors (Lipinski definition) is 3. The molecule has 0 spiro atoms. The van der Waals surface area contributed by atoms with E-state index in [4.69, 9.17) is 5.11 Å². The Bertz CT molecular complexity index is 592. The Hall–Kier alpha value is -1.49. The highest BCUT2D eigenvalue weighted by Crippen LogP contribution is 2.27. The molecule has 1 N–H and O–H groups in total. The number of benzene rings is 1. The molecule has 2 rings (SSSR count). The van der Waals surface area contributed by atoms with Gasteiger partial charge in [-0.15, -0.1) is 11.8 Å². The van der Waals surface area contributed by atoms with Gasteiger partial charge in [0.25, 0.3) is 0 Å². The van der Waals surface area contributed by atoms with Gasteiger partial charge >= 0.3 is 5.97 Å². The lowest BCUT2D eigenvalue weighted by Crippen LogP contribution is -2.45. The van der Waals surface area contributed by atoms with Crippen molar-refractivity contribution in [1.82, 2.24) is 4.90 Å². The van der Waals surface area contributed by atoms with Gasteiger partial charge in [-0.1, -0.05) is 39.8 Å². The lowest BCUT2D eigenvalue weighted by molar-refractivity contribution is -0.147. The van der Waals surface area contributed by atoms with E-state index in [1.807, 2.05) is 6.92 Å². The molecule has 0 aliphatic carbocycles. The summed E-state index contributed by atoms with van der Waals surface area (Å²) in [5.41, 5.74) is 1.41. The first-order chi connectivity index (χ1) is 11.2. The van der Waals surface area contributed by atoms with E-state index in [2.05, 4.69) is 45.0 Å². The van der Waals surface area contributed by atoms with Crippen LogP contribution in [0.2, 0.25) is 0 Å². The van der Waals surface area contributed by atoms with E-state index >= 15 is 0 Å². The maximum atomic E-state index is 12.4. The smallest absolute Gasteiger partial charge is 0.306 e. The first kappa shape index (κ1) is 18.8. The second kappa shape index (κ2) is 7.60. The first-order valence-corrected chi connectivity index (χ1v) is 9.41. The van der Waals surface area contributed by atoms with Crippen LogP contribution in [-0.2, 0) is 15.0 Å². The number of carbonyl (C=O) groups excluding carboxylic acids is 1. The molecule has 5 heteroatoms. The number of amides is 1. The molecule has 1 heterocycles. The van der Waals surface area contributed by atoms with Crippen molar-refractivity contribution in [3.63, 3.8) is 0 Å². The number of rotatable bonds is 4. The maximum absolute atomic E-state index is 12.4. The largest absolute Gasteiger partial charge is 0.481 e. The van der Waals surface area contributed by atoms with Gasteiger partial charge in [0.1, 0.15) is 0 Å². The number of carboxylic acids is 1. The van der Waals surface area contributed by atoms with Crippen LogP contribution in [0.3, 0.4) is 0 Å². The van der Waals surface area contributed by atoms with Crippen molar-refractivity contribution in [3.8, 4) is 0 Å². The molecule has 1 aromatic rings. The predicted octanol–water partition coefficient (Wildman–Crippen LogP) is 3.65. The van der Waals surface area contributed by atoms with Crippen LogP contribution in [0.15, 0.2) is 29.2 Å². The van der Waals surface area contributed by atoms with Crippen molar-refractivity contribution in [1.29, 1.82) is 0 Å². The molecule has 1 fully saturated rings. The molecule has 0 aromatic heterocycles. The molecule has 1 aliphatic rings. The van der Waals surface area contributed by atoms with Crippen molar-refractivity contribution in [2.75, 3.05) is 18.8 Å². The van der Waals surface area contributed by atoms with Gasteiger partial charge in [-0.05, 0) is 35.4 Å². The number of nitrogens with zero attached hydrogens (tertiary/aromatic N) is 1. The Labute approximate surface area is 148 Å². The van der Waals surface area contributed by atoms with Crippen LogP contribution in [0.4, 0.5) is 0 Å². The number of hydrogen-bond donors (Lipinski definition) is 1. The molecule has 2 unspecified atom stereocenters. The fourth-order valence-electron chi connectivity index (χ4n) is 3.03. The fourth-order valence-corrected chi connectivity index (χ4v) is 3.83. The van der Waals surface area contributed by atoms with Crippen molar-refractivity contribution in [3.05, 3.63) is 29.8 Å². The predicted molar refractivity (Wildman–Crippen MR) is 97.4 cm³/mol. The zero-order chi connectivity index (χ0) is 17.9. The highest BCUT2D eigenvalue weighted by Gasteiger charge is 2.32. The van der Waals surface area contributed by atoms with Crippen LogP contribution >= 0.6 is 11.8 Å². The minimum atomic E-state index is -0.747. The Morgan fingerprint density at radius 2 is 1.88 bits per heavy atom. The number of likely N-dealkylation sites (tertiary alicyclic amines) is 1. The number of carboxylic acid groups (broad SMARTS) is 1. The standard InChI is InChI=1S/C19H27NO3S/c1-13-11-20(10-9-16(13)18(22)23)17(21)12-24-15-7-5-14(6-8-15)19(2,3)4/h5-8,13,16H,9-12H2,1-4H3,(H,22,23). The minimum absolute atomic E-state index is 0.0104. The lowest BCUT2D eigenvalue weighted by atomic mass is 9.87. The Kier molecular flexibility index (Phi) is 5.97. The van der Waals surface area contributed by atoms with Gasteiger partial charge in [0, 0.05) is 18.0 Å².